The summed E-state index contributed by atoms with van der Waals surface area (Å²) in [6.45, 7) is 0.608. The van der Waals surface area contributed by atoms with E-state index in [1.165, 1.54) is 19.3 Å². The van der Waals surface area contributed by atoms with Crippen molar-refractivity contribution >= 4 is 11.1 Å². The predicted octanol–water partition coefficient (Wildman–Crippen LogP) is 3.00. The molecule has 0 radical (unpaired) electrons. The molecule has 1 aliphatic rings. The summed E-state index contributed by atoms with van der Waals surface area (Å²) in [7, 11) is 1.66. The van der Waals surface area contributed by atoms with Crippen LogP contribution < -0.4 is 10.5 Å². The van der Waals surface area contributed by atoms with E-state index >= 15 is 0 Å². The van der Waals surface area contributed by atoms with Gasteiger partial charge in [0, 0.05) is 12.6 Å². The number of oxazole rings is 1. The standard InChI is InChI=1S/C15H20N2O2/c1-18-11-5-6-13-12(9-11)17-14(19-13)15(10-16)7-3-2-4-8-15/h5-6,9H,2-4,7-8,10,16H2,1H3. The van der Waals surface area contributed by atoms with E-state index < -0.39 is 0 Å². The van der Waals surface area contributed by atoms with Crippen LogP contribution in [0.15, 0.2) is 22.6 Å². The third-order valence-electron chi connectivity index (χ3n) is 4.25. The third kappa shape index (κ3) is 2.10. The van der Waals surface area contributed by atoms with E-state index in [0.717, 1.165) is 35.6 Å². The highest BCUT2D eigenvalue weighted by Crippen LogP contribution is 2.39. The summed E-state index contributed by atoms with van der Waals surface area (Å²) < 4.78 is 11.2. The van der Waals surface area contributed by atoms with Crippen LogP contribution in [0.3, 0.4) is 0 Å². The van der Waals surface area contributed by atoms with Crippen molar-refractivity contribution in [3.8, 4) is 5.75 Å². The number of hydrogen-bond donors (Lipinski definition) is 1. The van der Waals surface area contributed by atoms with Crippen molar-refractivity contribution in [2.24, 2.45) is 5.73 Å². The van der Waals surface area contributed by atoms with E-state index in [1.807, 2.05) is 18.2 Å². The van der Waals surface area contributed by atoms with E-state index in [0.29, 0.717) is 6.54 Å². The summed E-state index contributed by atoms with van der Waals surface area (Å²) in [6, 6.07) is 5.72. The molecule has 4 nitrogen and oxygen atoms in total. The number of benzene rings is 1. The molecule has 1 aromatic carbocycles. The second-order valence-corrected chi connectivity index (χ2v) is 5.40. The van der Waals surface area contributed by atoms with Gasteiger partial charge in [-0.05, 0) is 25.0 Å². The largest absolute Gasteiger partial charge is 0.497 e. The number of nitrogens with two attached hydrogens (primary N) is 1. The predicted molar refractivity (Wildman–Crippen MR) is 74.4 cm³/mol. The van der Waals surface area contributed by atoms with Gasteiger partial charge in [0.05, 0.1) is 12.5 Å². The van der Waals surface area contributed by atoms with Gasteiger partial charge in [-0.1, -0.05) is 19.3 Å². The van der Waals surface area contributed by atoms with E-state index in [2.05, 4.69) is 4.98 Å². The van der Waals surface area contributed by atoms with Crippen molar-refractivity contribution in [3.05, 3.63) is 24.1 Å². The molecule has 0 aliphatic heterocycles. The Morgan fingerprint density at radius 2 is 2.11 bits per heavy atom. The molecule has 1 aromatic heterocycles. The molecule has 0 unspecified atom stereocenters. The zero-order chi connectivity index (χ0) is 13.3. The Morgan fingerprint density at radius 1 is 1.32 bits per heavy atom. The minimum Gasteiger partial charge on any atom is -0.497 e. The maximum atomic E-state index is 6.02. The highest BCUT2D eigenvalue weighted by molar-refractivity contribution is 5.74. The van der Waals surface area contributed by atoms with E-state index in [9.17, 15) is 0 Å². The molecular formula is C15H20N2O2. The molecule has 0 amide bonds. The highest BCUT2D eigenvalue weighted by Gasteiger charge is 2.37. The summed E-state index contributed by atoms with van der Waals surface area (Å²) in [4.78, 5) is 4.66. The monoisotopic (exact) mass is 260 g/mol. The van der Waals surface area contributed by atoms with Crippen LogP contribution in [0.2, 0.25) is 0 Å². The van der Waals surface area contributed by atoms with E-state index in [1.54, 1.807) is 7.11 Å². The van der Waals surface area contributed by atoms with Crippen molar-refractivity contribution in [2.75, 3.05) is 13.7 Å². The molecule has 0 saturated heterocycles. The zero-order valence-electron chi connectivity index (χ0n) is 11.3. The van der Waals surface area contributed by atoms with Gasteiger partial charge in [-0.15, -0.1) is 0 Å². The van der Waals surface area contributed by atoms with Crippen LogP contribution >= 0.6 is 0 Å². The van der Waals surface area contributed by atoms with Gasteiger partial charge in [-0.3, -0.25) is 0 Å². The van der Waals surface area contributed by atoms with Gasteiger partial charge < -0.3 is 14.9 Å². The number of methoxy groups -OCH3 is 1. The first kappa shape index (κ1) is 12.5. The number of hydrogen-bond acceptors (Lipinski definition) is 4. The third-order valence-corrected chi connectivity index (χ3v) is 4.25. The van der Waals surface area contributed by atoms with Gasteiger partial charge in [-0.2, -0.15) is 0 Å². The molecule has 0 atom stereocenters. The fourth-order valence-corrected chi connectivity index (χ4v) is 2.99. The highest BCUT2D eigenvalue weighted by atomic mass is 16.5. The SMILES string of the molecule is COc1ccc2oc(C3(CN)CCCCC3)nc2c1. The molecular weight excluding hydrogens is 240 g/mol. The van der Waals surface area contributed by atoms with Crippen molar-refractivity contribution in [1.29, 1.82) is 0 Å². The van der Waals surface area contributed by atoms with Crippen LogP contribution in [-0.2, 0) is 5.41 Å². The van der Waals surface area contributed by atoms with Crippen molar-refractivity contribution in [1.82, 2.24) is 4.98 Å². The first-order valence-corrected chi connectivity index (χ1v) is 6.92. The Kier molecular flexibility index (Phi) is 3.19. The summed E-state index contributed by atoms with van der Waals surface area (Å²) in [5.74, 6) is 1.61. The average Bonchev–Trinajstić information content (AvgIpc) is 2.91. The fraction of sp³-hybridized carbons (Fsp3) is 0.533. The molecule has 1 fully saturated rings. The van der Waals surface area contributed by atoms with Gasteiger partial charge in [0.25, 0.3) is 0 Å². The molecule has 19 heavy (non-hydrogen) atoms. The Morgan fingerprint density at radius 3 is 2.79 bits per heavy atom. The van der Waals surface area contributed by atoms with Crippen molar-refractivity contribution in [3.63, 3.8) is 0 Å². The average molecular weight is 260 g/mol. The van der Waals surface area contributed by atoms with E-state index in [4.69, 9.17) is 14.9 Å². The molecule has 4 heteroatoms. The van der Waals surface area contributed by atoms with Crippen LogP contribution in [0.5, 0.6) is 5.75 Å². The number of aromatic nitrogens is 1. The van der Waals surface area contributed by atoms with Crippen molar-refractivity contribution < 1.29 is 9.15 Å². The first-order valence-electron chi connectivity index (χ1n) is 6.92. The number of nitrogens with zero attached hydrogens (tertiary/aromatic N) is 1. The zero-order valence-corrected chi connectivity index (χ0v) is 11.3. The van der Waals surface area contributed by atoms with Crippen LogP contribution in [0.25, 0.3) is 11.1 Å². The minimum absolute atomic E-state index is 0.0650. The van der Waals surface area contributed by atoms with Gasteiger partial charge >= 0.3 is 0 Å². The first-order chi connectivity index (χ1) is 9.27. The molecule has 0 spiro atoms. The van der Waals surface area contributed by atoms with Gasteiger partial charge in [-0.25, -0.2) is 4.98 Å². The second kappa shape index (κ2) is 4.85. The quantitative estimate of drug-likeness (QED) is 0.921. The summed E-state index contributed by atoms with van der Waals surface area (Å²) in [6.07, 6.45) is 5.86. The lowest BCUT2D eigenvalue weighted by atomic mass is 9.74. The fourth-order valence-electron chi connectivity index (χ4n) is 2.99. The van der Waals surface area contributed by atoms with Crippen molar-refractivity contribution in [2.45, 2.75) is 37.5 Å². The van der Waals surface area contributed by atoms with Crippen LogP contribution in [0.4, 0.5) is 0 Å². The molecule has 0 bridgehead atoms. The maximum absolute atomic E-state index is 6.02. The van der Waals surface area contributed by atoms with Gasteiger partial charge in [0.2, 0.25) is 5.89 Å². The molecule has 1 saturated carbocycles. The molecule has 1 heterocycles. The smallest absolute Gasteiger partial charge is 0.202 e. The van der Waals surface area contributed by atoms with E-state index in [-0.39, 0.29) is 5.41 Å². The Balaban J connectivity index is 2.03. The topological polar surface area (TPSA) is 61.3 Å². The molecule has 3 rings (SSSR count). The number of rotatable bonds is 3. The minimum atomic E-state index is -0.0650. The number of ether oxygens (including phenoxy) is 1. The summed E-state index contributed by atoms with van der Waals surface area (Å²) in [5, 5.41) is 0. The molecule has 2 N–H and O–H groups in total. The molecule has 1 aliphatic carbocycles. The van der Waals surface area contributed by atoms with Crippen LogP contribution in [-0.4, -0.2) is 18.6 Å². The molecule has 2 aromatic rings. The second-order valence-electron chi connectivity index (χ2n) is 5.40. The van der Waals surface area contributed by atoms with Crippen LogP contribution in [0, 0.1) is 0 Å². The summed E-state index contributed by atoms with van der Waals surface area (Å²) in [5.41, 5.74) is 7.63. The maximum Gasteiger partial charge on any atom is 0.202 e. The molecule has 102 valence electrons. The normalized spacial score (nSPS) is 18.6. The summed E-state index contributed by atoms with van der Waals surface area (Å²) >= 11 is 0. The Hall–Kier alpha value is -1.55. The lowest BCUT2D eigenvalue weighted by Gasteiger charge is -2.32. The number of fused-ring (bicyclic) bond motifs is 1. The van der Waals surface area contributed by atoms with Crippen LogP contribution in [0.1, 0.15) is 38.0 Å². The Labute approximate surface area is 112 Å². The lowest BCUT2D eigenvalue weighted by Crippen LogP contribution is -2.37. The Bertz CT molecular complexity index is 571. The van der Waals surface area contributed by atoms with Gasteiger partial charge in [0.15, 0.2) is 5.58 Å². The van der Waals surface area contributed by atoms with Gasteiger partial charge in [0.1, 0.15) is 11.3 Å². The lowest BCUT2D eigenvalue weighted by molar-refractivity contribution is 0.247.